The van der Waals surface area contributed by atoms with Gasteiger partial charge in [0.05, 0.1) is 17.8 Å². The lowest BCUT2D eigenvalue weighted by molar-refractivity contribution is -0.153. The number of hydrogen-bond donors (Lipinski definition) is 2. The first kappa shape index (κ1) is 24.0. The number of aromatic nitrogens is 3. The highest BCUT2D eigenvalue weighted by Crippen LogP contribution is 2.25. The average Bonchev–Trinajstić information content (AvgIpc) is 3.23. The Morgan fingerprint density at radius 2 is 1.89 bits per heavy atom. The third-order valence-corrected chi connectivity index (χ3v) is 5.39. The zero-order valence-electron chi connectivity index (χ0n) is 18.0. The quantitative estimate of drug-likeness (QED) is 0.528. The van der Waals surface area contributed by atoms with Crippen LogP contribution < -0.4 is 21.0 Å². The number of hydrogen-bond acceptors (Lipinski definition) is 5. The highest BCUT2D eigenvalue weighted by atomic mass is 19.4. The van der Waals surface area contributed by atoms with Crippen molar-refractivity contribution in [3.05, 3.63) is 58.1 Å². The van der Waals surface area contributed by atoms with Gasteiger partial charge in [0.1, 0.15) is 23.1 Å². The van der Waals surface area contributed by atoms with Crippen LogP contribution in [-0.4, -0.2) is 51.8 Å². The van der Waals surface area contributed by atoms with Gasteiger partial charge in [-0.1, -0.05) is 6.92 Å². The fourth-order valence-corrected chi connectivity index (χ4v) is 3.65. The molecule has 0 aliphatic carbocycles. The largest absolute Gasteiger partial charge is 0.408 e. The van der Waals surface area contributed by atoms with Crippen LogP contribution in [0.4, 0.5) is 32.6 Å². The van der Waals surface area contributed by atoms with Crippen molar-refractivity contribution in [2.24, 2.45) is 0 Å². The van der Waals surface area contributed by atoms with E-state index in [0.29, 0.717) is 25.1 Å². The summed E-state index contributed by atoms with van der Waals surface area (Å²) in [6.07, 6.45) is -3.22. The second-order valence-electron chi connectivity index (χ2n) is 7.59. The predicted octanol–water partition coefficient (Wildman–Crippen LogP) is 2.66. The van der Waals surface area contributed by atoms with Gasteiger partial charge in [0.25, 0.3) is 5.91 Å². The number of rotatable bonds is 5. The monoisotopic (exact) mass is 496 g/mol. The Morgan fingerprint density at radius 3 is 2.46 bits per heavy atom. The number of carbonyl (C=O) groups excluding carboxylic acids is 2. The minimum absolute atomic E-state index is 0.0517. The van der Waals surface area contributed by atoms with Crippen molar-refractivity contribution >= 4 is 28.8 Å². The Labute approximate surface area is 193 Å². The van der Waals surface area contributed by atoms with E-state index in [1.54, 1.807) is 5.32 Å². The third-order valence-electron chi connectivity index (χ3n) is 5.39. The summed E-state index contributed by atoms with van der Waals surface area (Å²) in [4.78, 5) is 46.6. The number of amides is 3. The van der Waals surface area contributed by atoms with E-state index in [4.69, 9.17) is 0 Å². The molecule has 3 amide bonds. The van der Waals surface area contributed by atoms with E-state index < -0.39 is 58.9 Å². The van der Waals surface area contributed by atoms with Crippen LogP contribution in [0.5, 0.6) is 0 Å². The van der Waals surface area contributed by atoms with Gasteiger partial charge in [-0.2, -0.15) is 13.2 Å². The first-order valence-corrected chi connectivity index (χ1v) is 10.3. The van der Waals surface area contributed by atoms with Crippen molar-refractivity contribution < 1.29 is 31.5 Å². The summed E-state index contributed by atoms with van der Waals surface area (Å²) in [5, 5.41) is 3.99. The average molecular weight is 496 g/mol. The van der Waals surface area contributed by atoms with Crippen LogP contribution in [-0.2, 0) is 0 Å². The molecule has 0 saturated carbocycles. The molecule has 1 aliphatic heterocycles. The smallest absolute Gasteiger partial charge is 0.340 e. The van der Waals surface area contributed by atoms with Crippen molar-refractivity contribution in [3.63, 3.8) is 0 Å². The lowest BCUT2D eigenvalue weighted by atomic mass is 10.1. The van der Waals surface area contributed by atoms with Crippen LogP contribution in [0.2, 0.25) is 0 Å². The van der Waals surface area contributed by atoms with Gasteiger partial charge in [0, 0.05) is 19.3 Å². The maximum atomic E-state index is 14.6. The Kier molecular flexibility index (Phi) is 6.13. The van der Waals surface area contributed by atoms with E-state index in [-0.39, 0.29) is 23.4 Å². The molecule has 184 valence electrons. The van der Waals surface area contributed by atoms with Crippen molar-refractivity contribution in [2.75, 3.05) is 18.0 Å². The maximum absolute atomic E-state index is 14.6. The number of nitrogens with zero attached hydrogens (tertiary/aromatic N) is 4. The van der Waals surface area contributed by atoms with Crippen LogP contribution >= 0.6 is 0 Å². The molecule has 1 saturated heterocycles. The van der Waals surface area contributed by atoms with E-state index in [2.05, 4.69) is 15.3 Å². The summed E-state index contributed by atoms with van der Waals surface area (Å²) in [7, 11) is 0. The fourth-order valence-electron chi connectivity index (χ4n) is 3.65. The van der Waals surface area contributed by atoms with Crippen LogP contribution in [0.25, 0.3) is 16.7 Å². The molecule has 35 heavy (non-hydrogen) atoms. The fraction of sp³-hybridized carbons (Fsp3) is 0.286. The standard InChI is InChI=1S/C21H17F5N6O3/c1-2-14(21(24,25)26)29-19(34)11-9-32(16-12(22)7-27-8-13(16)23)18-10(17(11)33)3-4-15(30-18)31-6-5-28-20(31)35/h3-4,7-9,14H,2,5-6H2,1H3,(H,28,35)(H,29,34). The molecule has 1 aliphatic rings. The summed E-state index contributed by atoms with van der Waals surface area (Å²) >= 11 is 0. The van der Waals surface area contributed by atoms with Gasteiger partial charge in [0.15, 0.2) is 17.3 Å². The molecule has 0 aromatic carbocycles. The normalized spacial score (nSPS) is 14.8. The molecular weight excluding hydrogens is 479 g/mol. The van der Waals surface area contributed by atoms with Crippen LogP contribution in [0.3, 0.4) is 0 Å². The van der Waals surface area contributed by atoms with E-state index in [1.165, 1.54) is 24.0 Å². The highest BCUT2D eigenvalue weighted by Gasteiger charge is 2.40. The van der Waals surface area contributed by atoms with Crippen molar-refractivity contribution in [1.29, 1.82) is 0 Å². The SMILES string of the molecule is CCC(NC(=O)c1cn(-c2c(F)cncc2F)c2nc(N3CCNC3=O)ccc2c1=O)C(F)(F)F. The molecule has 0 spiro atoms. The molecule has 1 unspecified atom stereocenters. The number of halogens is 5. The van der Waals surface area contributed by atoms with Gasteiger partial charge >= 0.3 is 12.2 Å². The lowest BCUT2D eigenvalue weighted by Gasteiger charge is -2.21. The van der Waals surface area contributed by atoms with Crippen molar-refractivity contribution in [1.82, 2.24) is 25.2 Å². The number of pyridine rings is 3. The summed E-state index contributed by atoms with van der Waals surface area (Å²) in [5.74, 6) is -3.70. The second-order valence-corrected chi connectivity index (χ2v) is 7.59. The number of urea groups is 1. The Bertz CT molecular complexity index is 1370. The molecule has 0 bridgehead atoms. The number of anilines is 1. The maximum Gasteiger partial charge on any atom is 0.408 e. The summed E-state index contributed by atoms with van der Waals surface area (Å²) in [5.41, 5.74) is -2.89. The molecule has 9 nitrogen and oxygen atoms in total. The van der Waals surface area contributed by atoms with Crippen LogP contribution in [0.1, 0.15) is 23.7 Å². The topological polar surface area (TPSA) is 109 Å². The molecule has 3 aromatic rings. The highest BCUT2D eigenvalue weighted by molar-refractivity contribution is 5.98. The Hall–Kier alpha value is -4.10. The summed E-state index contributed by atoms with van der Waals surface area (Å²) in [6, 6.07) is -0.274. The number of nitrogens with one attached hydrogen (secondary N) is 2. The van der Waals surface area contributed by atoms with Gasteiger partial charge in [-0.25, -0.2) is 18.6 Å². The first-order valence-electron chi connectivity index (χ1n) is 10.3. The van der Waals surface area contributed by atoms with Crippen LogP contribution in [0, 0.1) is 11.6 Å². The molecule has 0 radical (unpaired) electrons. The molecule has 2 N–H and O–H groups in total. The molecule has 14 heteroatoms. The summed E-state index contributed by atoms with van der Waals surface area (Å²) in [6.45, 7) is 1.74. The minimum Gasteiger partial charge on any atom is -0.340 e. The third kappa shape index (κ3) is 4.38. The number of fused-ring (bicyclic) bond motifs is 1. The zero-order chi connectivity index (χ0) is 25.5. The minimum atomic E-state index is -4.78. The van der Waals surface area contributed by atoms with E-state index >= 15 is 0 Å². The second kappa shape index (κ2) is 8.92. The molecule has 3 aromatic heterocycles. The van der Waals surface area contributed by atoms with E-state index in [1.807, 2.05) is 0 Å². The lowest BCUT2D eigenvalue weighted by Crippen LogP contribution is -2.46. The molecular formula is C21H17F5N6O3. The Balaban J connectivity index is 1.95. The van der Waals surface area contributed by atoms with Crippen LogP contribution in [0.15, 0.2) is 35.5 Å². The first-order chi connectivity index (χ1) is 16.5. The molecule has 4 heterocycles. The zero-order valence-corrected chi connectivity index (χ0v) is 18.0. The van der Waals surface area contributed by atoms with E-state index in [0.717, 1.165) is 4.57 Å². The van der Waals surface area contributed by atoms with Crippen molar-refractivity contribution in [2.45, 2.75) is 25.6 Å². The predicted molar refractivity (Wildman–Crippen MR) is 113 cm³/mol. The van der Waals surface area contributed by atoms with Gasteiger partial charge in [-0.05, 0) is 18.6 Å². The van der Waals surface area contributed by atoms with Gasteiger partial charge in [-0.3, -0.25) is 24.0 Å². The molecule has 1 fully saturated rings. The molecule has 1 atom stereocenters. The molecule has 4 rings (SSSR count). The summed E-state index contributed by atoms with van der Waals surface area (Å²) < 4.78 is 69.5. The Morgan fingerprint density at radius 1 is 1.20 bits per heavy atom. The van der Waals surface area contributed by atoms with Gasteiger partial charge in [0.2, 0.25) is 5.43 Å². The number of alkyl halides is 3. The number of carbonyl (C=O) groups is 2. The van der Waals surface area contributed by atoms with Gasteiger partial charge in [-0.15, -0.1) is 0 Å². The van der Waals surface area contributed by atoms with Crippen molar-refractivity contribution in [3.8, 4) is 5.69 Å². The van der Waals surface area contributed by atoms with Gasteiger partial charge < -0.3 is 10.6 Å². The van der Waals surface area contributed by atoms with E-state index in [9.17, 15) is 36.3 Å².